The normalized spacial score (nSPS) is 12.0. The average Bonchev–Trinajstić information content (AvgIpc) is 3.31. The van der Waals surface area contributed by atoms with Crippen molar-refractivity contribution >= 4 is 51.8 Å². The number of carbonyl (C=O) groups excluding carboxylic acids is 3. The lowest BCUT2D eigenvalue weighted by Gasteiger charge is -2.12. The molecule has 0 saturated carbocycles. The summed E-state index contributed by atoms with van der Waals surface area (Å²) in [5, 5.41) is 8.91. The number of hydrogen-bond acceptors (Lipinski definition) is 6. The van der Waals surface area contributed by atoms with Crippen LogP contribution < -0.4 is 11.1 Å². The lowest BCUT2D eigenvalue weighted by Crippen LogP contribution is -2.29. The third-order valence-electron chi connectivity index (χ3n) is 4.33. The molecule has 0 aliphatic carbocycles. The van der Waals surface area contributed by atoms with Gasteiger partial charge in [0.05, 0.1) is 16.9 Å². The van der Waals surface area contributed by atoms with Crippen molar-refractivity contribution in [2.24, 2.45) is 5.73 Å². The summed E-state index contributed by atoms with van der Waals surface area (Å²) in [6, 6.07) is 7.09. The van der Waals surface area contributed by atoms with Crippen molar-refractivity contribution in [2.45, 2.75) is 20.0 Å². The molecule has 2 heterocycles. The molecule has 166 valence electrons. The molecule has 11 heteroatoms. The number of hydrogen-bond donors (Lipinski definition) is 2. The lowest BCUT2D eigenvalue weighted by atomic mass is 10.2. The number of esters is 1. The van der Waals surface area contributed by atoms with Crippen LogP contribution in [0.25, 0.3) is 11.8 Å². The number of aryl methyl sites for hydroxylation is 1. The maximum atomic E-state index is 13.1. The maximum absolute atomic E-state index is 13.1. The SMILES string of the molecule is Cc1nn(-c2ccc(F)cc2)c(Cl)c1/C=C/C(=O)OC(C)C(=O)Nc1sccc1C(N)=O. The summed E-state index contributed by atoms with van der Waals surface area (Å²) in [7, 11) is 0. The Hall–Kier alpha value is -3.50. The summed E-state index contributed by atoms with van der Waals surface area (Å²) < 4.78 is 19.7. The van der Waals surface area contributed by atoms with E-state index in [2.05, 4.69) is 10.4 Å². The molecule has 3 aromatic rings. The van der Waals surface area contributed by atoms with Crippen molar-refractivity contribution in [3.05, 3.63) is 69.6 Å². The third-order valence-corrected chi connectivity index (χ3v) is 5.53. The van der Waals surface area contributed by atoms with Crippen molar-refractivity contribution in [1.82, 2.24) is 9.78 Å². The molecule has 0 aliphatic rings. The predicted molar refractivity (Wildman–Crippen MR) is 119 cm³/mol. The molecule has 3 rings (SSSR count). The fraction of sp³-hybridized carbons (Fsp3) is 0.143. The van der Waals surface area contributed by atoms with Crippen LogP contribution in [0.2, 0.25) is 5.15 Å². The summed E-state index contributed by atoms with van der Waals surface area (Å²) in [5.41, 5.74) is 6.97. The van der Waals surface area contributed by atoms with E-state index in [0.29, 0.717) is 16.9 Å². The number of halogens is 2. The first-order chi connectivity index (χ1) is 15.2. The molecule has 0 bridgehead atoms. The Bertz CT molecular complexity index is 1200. The largest absolute Gasteiger partial charge is 0.449 e. The molecule has 8 nitrogen and oxygen atoms in total. The van der Waals surface area contributed by atoms with Crippen LogP contribution in [0.5, 0.6) is 0 Å². The highest BCUT2D eigenvalue weighted by atomic mass is 35.5. The minimum atomic E-state index is -1.13. The van der Waals surface area contributed by atoms with E-state index in [4.69, 9.17) is 22.1 Å². The van der Waals surface area contributed by atoms with Gasteiger partial charge in [-0.3, -0.25) is 9.59 Å². The number of thiophene rings is 1. The van der Waals surface area contributed by atoms with Gasteiger partial charge >= 0.3 is 5.97 Å². The van der Waals surface area contributed by atoms with Crippen LogP contribution in [0.15, 0.2) is 41.8 Å². The van der Waals surface area contributed by atoms with Gasteiger partial charge in [0.2, 0.25) is 0 Å². The Morgan fingerprint density at radius 3 is 2.62 bits per heavy atom. The summed E-state index contributed by atoms with van der Waals surface area (Å²) in [6.07, 6.45) is 1.41. The van der Waals surface area contributed by atoms with Gasteiger partial charge in [0.15, 0.2) is 6.10 Å². The van der Waals surface area contributed by atoms with Crippen LogP contribution in [0.3, 0.4) is 0 Å². The Morgan fingerprint density at radius 1 is 1.28 bits per heavy atom. The van der Waals surface area contributed by atoms with Crippen LogP contribution in [0.1, 0.15) is 28.5 Å². The highest BCUT2D eigenvalue weighted by Crippen LogP contribution is 2.25. The number of carbonyl (C=O) groups is 3. The fourth-order valence-corrected chi connectivity index (χ4v) is 3.82. The Labute approximate surface area is 191 Å². The molecule has 0 saturated heterocycles. The number of amides is 2. The zero-order valence-electron chi connectivity index (χ0n) is 17.0. The second kappa shape index (κ2) is 9.75. The number of ether oxygens (including phenoxy) is 1. The second-order valence-electron chi connectivity index (χ2n) is 6.61. The molecule has 1 aromatic carbocycles. The summed E-state index contributed by atoms with van der Waals surface area (Å²) in [4.78, 5) is 35.8. The van der Waals surface area contributed by atoms with E-state index in [-0.39, 0.29) is 21.5 Å². The Kier molecular flexibility index (Phi) is 7.06. The number of nitrogens with two attached hydrogens (primary N) is 1. The van der Waals surface area contributed by atoms with Gasteiger partial charge in [-0.25, -0.2) is 13.9 Å². The van der Waals surface area contributed by atoms with Crippen molar-refractivity contribution in [3.63, 3.8) is 0 Å². The summed E-state index contributed by atoms with van der Waals surface area (Å²) in [6.45, 7) is 3.09. The number of aromatic nitrogens is 2. The minimum absolute atomic E-state index is 0.171. The first kappa shape index (κ1) is 23.2. The van der Waals surface area contributed by atoms with Crippen molar-refractivity contribution in [3.8, 4) is 5.69 Å². The van der Waals surface area contributed by atoms with Crippen molar-refractivity contribution in [2.75, 3.05) is 5.32 Å². The molecule has 1 atom stereocenters. The standard InChI is InChI=1S/C21H18ClFN4O4S/c1-11-15(18(22)27(26-11)14-5-3-13(23)4-6-14)7-8-17(28)31-12(2)20(30)25-21-16(19(24)29)9-10-32-21/h3-10,12H,1-2H3,(H2,24,29)(H,25,30)/b8-7+. The molecule has 1 unspecified atom stereocenters. The predicted octanol–water partition coefficient (Wildman–Crippen LogP) is 3.72. The number of rotatable bonds is 7. The third kappa shape index (κ3) is 5.21. The molecular formula is C21H18ClFN4O4S. The molecule has 2 aromatic heterocycles. The maximum Gasteiger partial charge on any atom is 0.331 e. The van der Waals surface area contributed by atoms with Crippen LogP contribution >= 0.6 is 22.9 Å². The topological polar surface area (TPSA) is 116 Å². The Balaban J connectivity index is 1.66. The van der Waals surface area contributed by atoms with Crippen LogP contribution in [-0.4, -0.2) is 33.7 Å². The highest BCUT2D eigenvalue weighted by molar-refractivity contribution is 7.14. The van der Waals surface area contributed by atoms with Gasteiger partial charge in [0.1, 0.15) is 16.0 Å². The van der Waals surface area contributed by atoms with E-state index in [1.807, 2.05) is 0 Å². The molecule has 0 spiro atoms. The first-order valence-electron chi connectivity index (χ1n) is 9.25. The van der Waals surface area contributed by atoms with Gasteiger partial charge in [0, 0.05) is 11.6 Å². The molecular weight excluding hydrogens is 459 g/mol. The number of nitrogens with zero attached hydrogens (tertiary/aromatic N) is 2. The Morgan fingerprint density at radius 2 is 1.97 bits per heavy atom. The van der Waals surface area contributed by atoms with Gasteiger partial charge in [-0.2, -0.15) is 5.10 Å². The zero-order chi connectivity index (χ0) is 23.4. The average molecular weight is 477 g/mol. The molecule has 0 radical (unpaired) electrons. The number of primary amides is 1. The van der Waals surface area contributed by atoms with Gasteiger partial charge in [-0.15, -0.1) is 11.3 Å². The number of benzene rings is 1. The van der Waals surface area contributed by atoms with Gasteiger partial charge in [-0.1, -0.05) is 11.6 Å². The smallest absolute Gasteiger partial charge is 0.331 e. The number of nitrogens with one attached hydrogen (secondary N) is 1. The monoisotopic (exact) mass is 476 g/mol. The molecule has 2 amide bonds. The zero-order valence-corrected chi connectivity index (χ0v) is 18.5. The molecule has 0 aliphatic heterocycles. The van der Waals surface area contributed by atoms with Crippen LogP contribution in [-0.2, 0) is 14.3 Å². The fourth-order valence-electron chi connectivity index (χ4n) is 2.69. The minimum Gasteiger partial charge on any atom is -0.449 e. The highest BCUT2D eigenvalue weighted by Gasteiger charge is 2.20. The van der Waals surface area contributed by atoms with Crippen molar-refractivity contribution in [1.29, 1.82) is 0 Å². The van der Waals surface area contributed by atoms with Gasteiger partial charge in [0.25, 0.3) is 11.8 Å². The van der Waals surface area contributed by atoms with Gasteiger partial charge in [-0.05, 0) is 55.6 Å². The van der Waals surface area contributed by atoms with E-state index in [9.17, 15) is 18.8 Å². The number of anilines is 1. The van der Waals surface area contributed by atoms with E-state index in [1.165, 1.54) is 48.0 Å². The van der Waals surface area contributed by atoms with E-state index >= 15 is 0 Å². The van der Waals surface area contributed by atoms with E-state index < -0.39 is 23.9 Å². The van der Waals surface area contributed by atoms with Crippen molar-refractivity contribution < 1.29 is 23.5 Å². The van der Waals surface area contributed by atoms with Gasteiger partial charge < -0.3 is 15.8 Å². The van der Waals surface area contributed by atoms with Crippen LogP contribution in [0, 0.1) is 12.7 Å². The lowest BCUT2D eigenvalue weighted by molar-refractivity contribution is -0.148. The second-order valence-corrected chi connectivity index (χ2v) is 7.88. The molecule has 3 N–H and O–H groups in total. The van der Waals surface area contributed by atoms with E-state index in [1.54, 1.807) is 12.3 Å². The molecule has 0 fully saturated rings. The molecule has 32 heavy (non-hydrogen) atoms. The summed E-state index contributed by atoms with van der Waals surface area (Å²) >= 11 is 7.49. The van der Waals surface area contributed by atoms with E-state index in [0.717, 1.165) is 17.4 Å². The van der Waals surface area contributed by atoms with Crippen LogP contribution in [0.4, 0.5) is 9.39 Å². The summed E-state index contributed by atoms with van der Waals surface area (Å²) in [5.74, 6) is -2.46. The first-order valence-corrected chi connectivity index (χ1v) is 10.5. The quantitative estimate of drug-likeness (QED) is 0.398.